The highest BCUT2D eigenvalue weighted by Gasteiger charge is 2.34. The molecule has 3 nitrogen and oxygen atoms in total. The maximum absolute atomic E-state index is 3.38. The van der Waals surface area contributed by atoms with Crippen molar-refractivity contribution in [2.24, 2.45) is 5.41 Å². The third kappa shape index (κ3) is 1.97. The molecule has 0 aromatic carbocycles. The van der Waals surface area contributed by atoms with E-state index in [9.17, 15) is 0 Å². The third-order valence-electron chi connectivity index (χ3n) is 2.89. The second-order valence-electron chi connectivity index (χ2n) is 4.26. The highest BCUT2D eigenvalue weighted by Crippen LogP contribution is 2.27. The van der Waals surface area contributed by atoms with Crippen LogP contribution in [0.5, 0.6) is 0 Å². The molecule has 72 valence electrons. The van der Waals surface area contributed by atoms with Crippen molar-refractivity contribution in [2.45, 2.75) is 26.3 Å². The average Bonchev–Trinajstić information content (AvgIpc) is 2.02. The second-order valence-corrected chi connectivity index (χ2v) is 4.26. The molecule has 1 rings (SSSR count). The van der Waals surface area contributed by atoms with E-state index in [1.807, 2.05) is 7.05 Å². The molecular formula is C9H21N3. The van der Waals surface area contributed by atoms with Crippen molar-refractivity contribution in [2.75, 3.05) is 27.2 Å². The largest absolute Gasteiger partial charge is 0.316 e. The van der Waals surface area contributed by atoms with Gasteiger partial charge in [-0.05, 0) is 25.9 Å². The van der Waals surface area contributed by atoms with E-state index in [1.165, 1.54) is 6.42 Å². The molecule has 1 unspecified atom stereocenters. The SMILES string of the molecule is CNC1CCN(NC)CC1(C)C. The zero-order valence-electron chi connectivity index (χ0n) is 8.65. The predicted octanol–water partition coefficient (Wildman–Crippen LogP) is 0.441. The molecule has 1 aliphatic heterocycles. The monoisotopic (exact) mass is 171 g/mol. The van der Waals surface area contributed by atoms with Gasteiger partial charge in [0, 0.05) is 19.1 Å². The first-order valence-corrected chi connectivity index (χ1v) is 4.70. The van der Waals surface area contributed by atoms with Crippen LogP contribution < -0.4 is 10.7 Å². The number of nitrogens with one attached hydrogen (secondary N) is 2. The first-order valence-electron chi connectivity index (χ1n) is 4.70. The average molecular weight is 171 g/mol. The first kappa shape index (κ1) is 9.96. The number of hydrogen-bond donors (Lipinski definition) is 2. The van der Waals surface area contributed by atoms with Crippen molar-refractivity contribution in [3.8, 4) is 0 Å². The summed E-state index contributed by atoms with van der Waals surface area (Å²) in [5, 5.41) is 5.67. The molecule has 1 atom stereocenters. The molecule has 1 aliphatic rings. The summed E-state index contributed by atoms with van der Waals surface area (Å²) >= 11 is 0. The summed E-state index contributed by atoms with van der Waals surface area (Å²) in [6, 6.07) is 0.655. The molecule has 0 amide bonds. The van der Waals surface area contributed by atoms with Crippen LogP contribution in [0.25, 0.3) is 0 Å². The van der Waals surface area contributed by atoms with Gasteiger partial charge in [-0.15, -0.1) is 0 Å². The van der Waals surface area contributed by atoms with E-state index < -0.39 is 0 Å². The van der Waals surface area contributed by atoms with Gasteiger partial charge in [-0.25, -0.2) is 5.01 Å². The Balaban J connectivity index is 2.54. The Hall–Kier alpha value is -0.120. The smallest absolute Gasteiger partial charge is 0.0197 e. The van der Waals surface area contributed by atoms with Crippen LogP contribution in [0.4, 0.5) is 0 Å². The van der Waals surface area contributed by atoms with E-state index in [4.69, 9.17) is 0 Å². The molecule has 2 N–H and O–H groups in total. The zero-order chi connectivity index (χ0) is 9.19. The number of hydrazine groups is 1. The van der Waals surface area contributed by atoms with E-state index in [2.05, 4.69) is 36.6 Å². The van der Waals surface area contributed by atoms with Gasteiger partial charge < -0.3 is 5.32 Å². The maximum atomic E-state index is 3.38. The van der Waals surface area contributed by atoms with E-state index in [1.54, 1.807) is 0 Å². The second kappa shape index (κ2) is 3.73. The van der Waals surface area contributed by atoms with Crippen molar-refractivity contribution in [1.82, 2.24) is 15.8 Å². The Morgan fingerprint density at radius 2 is 2.00 bits per heavy atom. The van der Waals surface area contributed by atoms with E-state index in [-0.39, 0.29) is 0 Å². The molecule has 12 heavy (non-hydrogen) atoms. The number of rotatable bonds is 2. The van der Waals surface area contributed by atoms with Crippen LogP contribution in [0.15, 0.2) is 0 Å². The topological polar surface area (TPSA) is 27.3 Å². The van der Waals surface area contributed by atoms with Crippen LogP contribution in [-0.2, 0) is 0 Å². The fourth-order valence-electron chi connectivity index (χ4n) is 2.08. The number of hydrogen-bond acceptors (Lipinski definition) is 3. The van der Waals surface area contributed by atoms with Crippen LogP contribution in [0.2, 0.25) is 0 Å². The van der Waals surface area contributed by atoms with E-state index >= 15 is 0 Å². The Bertz CT molecular complexity index is 145. The van der Waals surface area contributed by atoms with Gasteiger partial charge in [0.15, 0.2) is 0 Å². The molecule has 0 bridgehead atoms. The molecule has 0 aromatic heterocycles. The molecule has 0 radical (unpaired) electrons. The van der Waals surface area contributed by atoms with E-state index in [0.29, 0.717) is 11.5 Å². The van der Waals surface area contributed by atoms with Crippen molar-refractivity contribution in [1.29, 1.82) is 0 Å². The van der Waals surface area contributed by atoms with Gasteiger partial charge in [-0.2, -0.15) is 0 Å². The number of piperidine rings is 1. The Morgan fingerprint density at radius 1 is 1.33 bits per heavy atom. The van der Waals surface area contributed by atoms with Gasteiger partial charge in [0.25, 0.3) is 0 Å². The van der Waals surface area contributed by atoms with Crippen LogP contribution in [-0.4, -0.2) is 38.2 Å². The summed E-state index contributed by atoms with van der Waals surface area (Å²) in [6.07, 6.45) is 1.23. The normalized spacial score (nSPS) is 30.5. The lowest BCUT2D eigenvalue weighted by atomic mass is 9.80. The fraction of sp³-hybridized carbons (Fsp3) is 1.00. The van der Waals surface area contributed by atoms with Gasteiger partial charge >= 0.3 is 0 Å². The van der Waals surface area contributed by atoms with Gasteiger partial charge in [-0.1, -0.05) is 13.8 Å². The van der Waals surface area contributed by atoms with Gasteiger partial charge in [0.05, 0.1) is 0 Å². The van der Waals surface area contributed by atoms with Crippen molar-refractivity contribution < 1.29 is 0 Å². The molecule has 1 fully saturated rings. The Kier molecular flexibility index (Phi) is 3.09. The van der Waals surface area contributed by atoms with Crippen LogP contribution in [0.1, 0.15) is 20.3 Å². The minimum Gasteiger partial charge on any atom is -0.316 e. The molecule has 1 saturated heterocycles. The summed E-state index contributed by atoms with van der Waals surface area (Å²) in [4.78, 5) is 0. The maximum Gasteiger partial charge on any atom is 0.0197 e. The standard InChI is InChI=1S/C9H21N3/c1-9(2)7-12(11-4)6-5-8(9)10-3/h8,10-11H,5-7H2,1-4H3. The molecule has 0 aliphatic carbocycles. The highest BCUT2D eigenvalue weighted by molar-refractivity contribution is 4.89. The first-order chi connectivity index (χ1) is 5.60. The summed E-state index contributed by atoms with van der Waals surface area (Å²) in [5.74, 6) is 0. The van der Waals surface area contributed by atoms with Crippen LogP contribution in [0, 0.1) is 5.41 Å². The van der Waals surface area contributed by atoms with Crippen LogP contribution >= 0.6 is 0 Å². The molecule has 0 saturated carbocycles. The fourth-order valence-corrected chi connectivity index (χ4v) is 2.08. The summed E-state index contributed by atoms with van der Waals surface area (Å²) in [6.45, 7) is 6.90. The van der Waals surface area contributed by atoms with Crippen molar-refractivity contribution in [3.63, 3.8) is 0 Å². The van der Waals surface area contributed by atoms with Gasteiger partial charge in [0.2, 0.25) is 0 Å². The van der Waals surface area contributed by atoms with Crippen molar-refractivity contribution in [3.05, 3.63) is 0 Å². The lowest BCUT2D eigenvalue weighted by Crippen LogP contribution is -2.56. The predicted molar refractivity (Wildman–Crippen MR) is 51.9 cm³/mol. The molecule has 1 heterocycles. The minimum atomic E-state index is 0.371. The van der Waals surface area contributed by atoms with E-state index in [0.717, 1.165) is 13.1 Å². The Morgan fingerprint density at radius 3 is 2.42 bits per heavy atom. The quantitative estimate of drug-likeness (QED) is 0.631. The lowest BCUT2D eigenvalue weighted by molar-refractivity contribution is 0.0516. The third-order valence-corrected chi connectivity index (χ3v) is 2.89. The number of nitrogens with zero attached hydrogens (tertiary/aromatic N) is 1. The van der Waals surface area contributed by atoms with Crippen LogP contribution in [0.3, 0.4) is 0 Å². The molecular weight excluding hydrogens is 150 g/mol. The minimum absolute atomic E-state index is 0.371. The van der Waals surface area contributed by atoms with Gasteiger partial charge in [-0.3, -0.25) is 5.43 Å². The summed E-state index contributed by atoms with van der Waals surface area (Å²) < 4.78 is 0. The zero-order valence-corrected chi connectivity index (χ0v) is 8.65. The molecule has 0 aromatic rings. The molecule has 3 heteroatoms. The molecule has 0 spiro atoms. The summed E-state index contributed by atoms with van der Waals surface area (Å²) in [7, 11) is 4.05. The van der Waals surface area contributed by atoms with Crippen molar-refractivity contribution >= 4 is 0 Å². The van der Waals surface area contributed by atoms with Gasteiger partial charge in [0.1, 0.15) is 0 Å². The highest BCUT2D eigenvalue weighted by atomic mass is 15.5. The lowest BCUT2D eigenvalue weighted by Gasteiger charge is -2.43. The summed E-state index contributed by atoms with van der Waals surface area (Å²) in [5.41, 5.74) is 3.58. The Labute approximate surface area is 75.5 Å².